The molecule has 0 aliphatic heterocycles. The van der Waals surface area contributed by atoms with Gasteiger partial charge in [-0.2, -0.15) is 0 Å². The van der Waals surface area contributed by atoms with E-state index in [0.717, 1.165) is 5.56 Å². The lowest BCUT2D eigenvalue weighted by molar-refractivity contribution is 0.326. The Labute approximate surface area is 138 Å². The van der Waals surface area contributed by atoms with Crippen LogP contribution in [0, 0.1) is 0 Å². The summed E-state index contributed by atoms with van der Waals surface area (Å²) in [6.45, 7) is 0.404. The zero-order valence-electron chi connectivity index (χ0n) is 13.6. The van der Waals surface area contributed by atoms with Gasteiger partial charge in [-0.25, -0.2) is 4.98 Å². The van der Waals surface area contributed by atoms with Gasteiger partial charge in [0.15, 0.2) is 11.5 Å². The molecule has 0 bridgehead atoms. The number of benzene rings is 1. The van der Waals surface area contributed by atoms with E-state index in [4.69, 9.17) is 14.2 Å². The smallest absolute Gasteiger partial charge is 0.261 e. The molecule has 0 fully saturated rings. The van der Waals surface area contributed by atoms with Crippen LogP contribution in [0.3, 0.4) is 0 Å². The Hall–Kier alpha value is -3.09. The second-order valence-electron chi connectivity index (χ2n) is 5.07. The predicted molar refractivity (Wildman–Crippen MR) is 89.0 cm³/mol. The van der Waals surface area contributed by atoms with Gasteiger partial charge in [-0.15, -0.1) is 0 Å². The number of nitrogens with zero attached hydrogens (tertiary/aromatic N) is 3. The van der Waals surface area contributed by atoms with E-state index in [1.165, 1.54) is 32.2 Å². The molecule has 7 heteroatoms. The fourth-order valence-corrected chi connectivity index (χ4v) is 2.56. The number of rotatable bonds is 5. The highest BCUT2D eigenvalue weighted by Crippen LogP contribution is 2.41. The Balaban J connectivity index is 2.20. The number of methoxy groups -OCH3 is 3. The van der Waals surface area contributed by atoms with Crippen molar-refractivity contribution in [1.29, 1.82) is 0 Å². The lowest BCUT2D eigenvalue weighted by atomic mass is 10.2. The quantitative estimate of drug-likeness (QED) is 0.712. The van der Waals surface area contributed by atoms with Crippen LogP contribution in [0.25, 0.3) is 10.9 Å². The SMILES string of the molecule is COc1cc2c(=O)n(Cc3ccncc3)cnc2c(OC)c1OC. The number of hydrogen-bond acceptors (Lipinski definition) is 6. The first-order chi connectivity index (χ1) is 11.7. The average Bonchev–Trinajstić information content (AvgIpc) is 2.63. The first-order valence-corrected chi connectivity index (χ1v) is 7.26. The molecular formula is C17H17N3O4. The van der Waals surface area contributed by atoms with Crippen molar-refractivity contribution >= 4 is 10.9 Å². The van der Waals surface area contributed by atoms with E-state index in [2.05, 4.69) is 9.97 Å². The van der Waals surface area contributed by atoms with Crippen LogP contribution < -0.4 is 19.8 Å². The maximum Gasteiger partial charge on any atom is 0.261 e. The summed E-state index contributed by atoms with van der Waals surface area (Å²) in [5.74, 6) is 1.20. The van der Waals surface area contributed by atoms with Crippen LogP contribution in [-0.4, -0.2) is 35.9 Å². The minimum Gasteiger partial charge on any atom is -0.493 e. The van der Waals surface area contributed by atoms with Crippen LogP contribution in [0.15, 0.2) is 41.7 Å². The molecule has 0 spiro atoms. The van der Waals surface area contributed by atoms with Crippen molar-refractivity contribution in [2.24, 2.45) is 0 Å². The molecule has 0 aliphatic carbocycles. The van der Waals surface area contributed by atoms with Gasteiger partial charge in [0.2, 0.25) is 5.75 Å². The lowest BCUT2D eigenvalue weighted by Crippen LogP contribution is -2.21. The Kier molecular flexibility index (Phi) is 4.33. The van der Waals surface area contributed by atoms with Gasteiger partial charge in [-0.3, -0.25) is 14.3 Å². The summed E-state index contributed by atoms with van der Waals surface area (Å²) < 4.78 is 17.5. The van der Waals surface area contributed by atoms with Gasteiger partial charge in [0.25, 0.3) is 5.56 Å². The molecule has 2 heterocycles. The fraction of sp³-hybridized carbons (Fsp3) is 0.235. The Bertz CT molecular complexity index is 923. The average molecular weight is 327 g/mol. The zero-order chi connectivity index (χ0) is 17.1. The van der Waals surface area contributed by atoms with E-state index in [0.29, 0.717) is 34.7 Å². The number of aromatic nitrogens is 3. The molecule has 0 aliphatic rings. The summed E-state index contributed by atoms with van der Waals surface area (Å²) in [6, 6.07) is 5.33. The topological polar surface area (TPSA) is 75.5 Å². The molecule has 0 saturated carbocycles. The molecule has 0 N–H and O–H groups in total. The van der Waals surface area contributed by atoms with Gasteiger partial charge in [0.1, 0.15) is 5.52 Å². The maximum atomic E-state index is 12.8. The molecule has 1 aromatic carbocycles. The van der Waals surface area contributed by atoms with Gasteiger partial charge >= 0.3 is 0 Å². The van der Waals surface area contributed by atoms with E-state index in [1.54, 1.807) is 18.5 Å². The van der Waals surface area contributed by atoms with E-state index in [9.17, 15) is 4.79 Å². The summed E-state index contributed by atoms with van der Waals surface area (Å²) in [5.41, 5.74) is 1.21. The van der Waals surface area contributed by atoms with Gasteiger partial charge in [0, 0.05) is 12.4 Å². The molecule has 0 unspecified atom stereocenters. The second kappa shape index (κ2) is 6.57. The highest BCUT2D eigenvalue weighted by molar-refractivity contribution is 5.89. The standard InChI is InChI=1S/C17H17N3O4/c1-22-13-8-12-14(16(24-3)15(13)23-2)19-10-20(17(12)21)9-11-4-6-18-7-5-11/h4-8,10H,9H2,1-3H3. The first kappa shape index (κ1) is 15.8. The van der Waals surface area contributed by atoms with Gasteiger partial charge in [-0.1, -0.05) is 0 Å². The third kappa shape index (κ3) is 2.64. The van der Waals surface area contributed by atoms with E-state index >= 15 is 0 Å². The van der Waals surface area contributed by atoms with Crippen molar-refractivity contribution in [2.75, 3.05) is 21.3 Å². The number of hydrogen-bond donors (Lipinski definition) is 0. The normalized spacial score (nSPS) is 10.6. The van der Waals surface area contributed by atoms with Gasteiger partial charge in [0.05, 0.1) is 39.6 Å². The molecule has 3 rings (SSSR count). The molecular weight excluding hydrogens is 310 g/mol. The van der Waals surface area contributed by atoms with E-state index < -0.39 is 0 Å². The highest BCUT2D eigenvalue weighted by atomic mass is 16.5. The number of pyridine rings is 1. The summed E-state index contributed by atoms with van der Waals surface area (Å²) in [4.78, 5) is 21.2. The molecule has 0 atom stereocenters. The molecule has 0 saturated heterocycles. The van der Waals surface area contributed by atoms with Crippen molar-refractivity contribution < 1.29 is 14.2 Å². The minimum absolute atomic E-state index is 0.184. The summed E-state index contributed by atoms with van der Waals surface area (Å²) in [6.07, 6.45) is 4.87. The largest absolute Gasteiger partial charge is 0.493 e. The van der Waals surface area contributed by atoms with Crippen LogP contribution in [-0.2, 0) is 6.54 Å². The Morgan fingerprint density at radius 1 is 1.04 bits per heavy atom. The van der Waals surface area contributed by atoms with Crippen LogP contribution in [0.2, 0.25) is 0 Å². The van der Waals surface area contributed by atoms with E-state index in [1.807, 2.05) is 12.1 Å². The minimum atomic E-state index is -0.184. The predicted octanol–water partition coefficient (Wildman–Crippen LogP) is 1.87. The molecule has 0 amide bonds. The monoisotopic (exact) mass is 327 g/mol. The first-order valence-electron chi connectivity index (χ1n) is 7.26. The Morgan fingerprint density at radius 3 is 2.38 bits per heavy atom. The van der Waals surface area contributed by atoms with Crippen LogP contribution in [0.5, 0.6) is 17.2 Å². The van der Waals surface area contributed by atoms with Crippen LogP contribution in [0.4, 0.5) is 0 Å². The van der Waals surface area contributed by atoms with E-state index in [-0.39, 0.29) is 5.56 Å². The van der Waals surface area contributed by atoms with Crippen molar-refractivity contribution in [3.05, 3.63) is 52.8 Å². The fourth-order valence-electron chi connectivity index (χ4n) is 2.56. The summed E-state index contributed by atoms with van der Waals surface area (Å²) >= 11 is 0. The van der Waals surface area contributed by atoms with Crippen molar-refractivity contribution in [1.82, 2.24) is 14.5 Å². The van der Waals surface area contributed by atoms with Crippen LogP contribution >= 0.6 is 0 Å². The summed E-state index contributed by atoms with van der Waals surface area (Å²) in [7, 11) is 4.52. The van der Waals surface area contributed by atoms with Crippen molar-refractivity contribution in [3.8, 4) is 17.2 Å². The number of fused-ring (bicyclic) bond motifs is 1. The molecule has 7 nitrogen and oxygen atoms in total. The molecule has 3 aromatic rings. The molecule has 124 valence electrons. The van der Waals surface area contributed by atoms with Crippen LogP contribution in [0.1, 0.15) is 5.56 Å². The third-order valence-corrected chi connectivity index (χ3v) is 3.72. The highest BCUT2D eigenvalue weighted by Gasteiger charge is 2.19. The lowest BCUT2D eigenvalue weighted by Gasteiger charge is -2.14. The van der Waals surface area contributed by atoms with Gasteiger partial charge in [-0.05, 0) is 23.8 Å². The maximum absolute atomic E-state index is 12.8. The Morgan fingerprint density at radius 2 is 1.75 bits per heavy atom. The number of ether oxygens (including phenoxy) is 3. The second-order valence-corrected chi connectivity index (χ2v) is 5.07. The van der Waals surface area contributed by atoms with Gasteiger partial charge < -0.3 is 14.2 Å². The zero-order valence-corrected chi connectivity index (χ0v) is 13.6. The third-order valence-electron chi connectivity index (χ3n) is 3.72. The molecule has 0 radical (unpaired) electrons. The molecule has 2 aromatic heterocycles. The molecule has 24 heavy (non-hydrogen) atoms. The van der Waals surface area contributed by atoms with Crippen molar-refractivity contribution in [2.45, 2.75) is 6.54 Å². The van der Waals surface area contributed by atoms with Crippen molar-refractivity contribution in [3.63, 3.8) is 0 Å². The summed E-state index contributed by atoms with van der Waals surface area (Å²) in [5, 5.41) is 0.404.